The Bertz CT molecular complexity index is 274. The van der Waals surface area contributed by atoms with Gasteiger partial charge in [-0.2, -0.15) is 0 Å². The van der Waals surface area contributed by atoms with Crippen LogP contribution in [0.4, 0.5) is 0 Å². The van der Waals surface area contributed by atoms with Crippen molar-refractivity contribution in [3.63, 3.8) is 0 Å². The van der Waals surface area contributed by atoms with E-state index in [9.17, 15) is 0 Å². The van der Waals surface area contributed by atoms with E-state index in [0.717, 1.165) is 18.8 Å². The molecule has 0 radical (unpaired) electrons. The lowest BCUT2D eigenvalue weighted by atomic mass is 10.1. The van der Waals surface area contributed by atoms with Gasteiger partial charge in [-0.25, -0.2) is 0 Å². The van der Waals surface area contributed by atoms with Gasteiger partial charge in [0.25, 0.3) is 0 Å². The Morgan fingerprint density at radius 2 is 1.67 bits per heavy atom. The van der Waals surface area contributed by atoms with Crippen molar-refractivity contribution in [2.75, 3.05) is 19.8 Å². The van der Waals surface area contributed by atoms with Gasteiger partial charge in [-0.3, -0.25) is 0 Å². The van der Waals surface area contributed by atoms with E-state index in [1.54, 1.807) is 0 Å². The Balaban J connectivity index is 2.37. The zero-order valence-electron chi connectivity index (χ0n) is 9.88. The van der Waals surface area contributed by atoms with Crippen LogP contribution in [0.15, 0.2) is 18.2 Å². The summed E-state index contributed by atoms with van der Waals surface area (Å²) in [5.41, 5.74) is 2.37. The summed E-state index contributed by atoms with van der Waals surface area (Å²) in [5, 5.41) is 0. The molecule has 1 aromatic rings. The van der Waals surface area contributed by atoms with E-state index in [-0.39, 0.29) is 0 Å². The molecule has 15 heavy (non-hydrogen) atoms. The minimum absolute atomic E-state index is 0.631. The maximum Gasteiger partial charge on any atom is 0.125 e. The number of hydrogen-bond donors (Lipinski definition) is 0. The van der Waals surface area contributed by atoms with Gasteiger partial charge in [0.05, 0.1) is 6.61 Å². The smallest absolute Gasteiger partial charge is 0.125 e. The predicted molar refractivity (Wildman–Crippen MR) is 62.5 cm³/mol. The van der Waals surface area contributed by atoms with Crippen molar-refractivity contribution < 1.29 is 9.47 Å². The van der Waals surface area contributed by atoms with E-state index in [4.69, 9.17) is 9.47 Å². The summed E-state index contributed by atoms with van der Waals surface area (Å²) in [6.45, 7) is 8.35. The molecule has 0 N–H and O–H groups in total. The summed E-state index contributed by atoms with van der Waals surface area (Å²) in [6.07, 6.45) is 1.06. The molecule has 2 heteroatoms. The van der Waals surface area contributed by atoms with E-state index in [2.05, 4.69) is 32.9 Å². The molecule has 0 atom stereocenters. The lowest BCUT2D eigenvalue weighted by Gasteiger charge is -2.11. The molecule has 84 valence electrons. The van der Waals surface area contributed by atoms with Gasteiger partial charge in [0.15, 0.2) is 0 Å². The first-order valence-electron chi connectivity index (χ1n) is 5.52. The largest absolute Gasteiger partial charge is 0.491 e. The van der Waals surface area contributed by atoms with Crippen LogP contribution in [0.1, 0.15) is 24.5 Å². The number of aryl methyl sites for hydroxylation is 2. The average molecular weight is 208 g/mol. The van der Waals surface area contributed by atoms with Crippen LogP contribution in [0.25, 0.3) is 0 Å². The second-order valence-electron chi connectivity index (χ2n) is 3.68. The van der Waals surface area contributed by atoms with E-state index in [1.165, 1.54) is 11.1 Å². The SMILES string of the molecule is CCCOCCOc1c(C)cccc1C. The Hall–Kier alpha value is -1.02. The van der Waals surface area contributed by atoms with Crippen LogP contribution < -0.4 is 4.74 Å². The van der Waals surface area contributed by atoms with Crippen molar-refractivity contribution in [1.29, 1.82) is 0 Å². The van der Waals surface area contributed by atoms with Gasteiger partial charge in [0.2, 0.25) is 0 Å². The molecule has 2 nitrogen and oxygen atoms in total. The third-order valence-corrected chi connectivity index (χ3v) is 2.23. The van der Waals surface area contributed by atoms with Gasteiger partial charge in [0.1, 0.15) is 12.4 Å². The van der Waals surface area contributed by atoms with Crippen LogP contribution in [-0.2, 0) is 4.74 Å². The average Bonchev–Trinajstić information content (AvgIpc) is 2.21. The molecule has 0 saturated carbocycles. The summed E-state index contributed by atoms with van der Waals surface area (Å²) in [4.78, 5) is 0. The minimum Gasteiger partial charge on any atom is -0.491 e. The standard InChI is InChI=1S/C13H20O2/c1-4-8-14-9-10-15-13-11(2)6-5-7-12(13)3/h5-7H,4,8-10H2,1-3H3. The van der Waals surface area contributed by atoms with Gasteiger partial charge < -0.3 is 9.47 Å². The van der Waals surface area contributed by atoms with Gasteiger partial charge in [-0.05, 0) is 31.4 Å². The Morgan fingerprint density at radius 1 is 1.00 bits per heavy atom. The van der Waals surface area contributed by atoms with Crippen LogP contribution in [-0.4, -0.2) is 19.8 Å². The summed E-state index contributed by atoms with van der Waals surface area (Å²) in [6, 6.07) is 6.18. The molecule has 0 unspecified atom stereocenters. The monoisotopic (exact) mass is 208 g/mol. The van der Waals surface area contributed by atoms with Crippen molar-refractivity contribution in [2.24, 2.45) is 0 Å². The molecular formula is C13H20O2. The summed E-state index contributed by atoms with van der Waals surface area (Å²) in [5.74, 6) is 0.998. The van der Waals surface area contributed by atoms with Crippen LogP contribution >= 0.6 is 0 Å². The second kappa shape index (κ2) is 6.46. The number of ether oxygens (including phenoxy) is 2. The zero-order chi connectivity index (χ0) is 11.1. The molecule has 0 saturated heterocycles. The molecule has 1 rings (SSSR count). The number of benzene rings is 1. The van der Waals surface area contributed by atoms with E-state index in [1.807, 2.05) is 6.07 Å². The summed E-state index contributed by atoms with van der Waals surface area (Å²) >= 11 is 0. The first-order valence-corrected chi connectivity index (χ1v) is 5.52. The molecule has 0 fully saturated rings. The van der Waals surface area contributed by atoms with Crippen molar-refractivity contribution >= 4 is 0 Å². The predicted octanol–water partition coefficient (Wildman–Crippen LogP) is 3.11. The fourth-order valence-electron chi connectivity index (χ4n) is 1.48. The molecule has 0 spiro atoms. The third kappa shape index (κ3) is 3.92. The van der Waals surface area contributed by atoms with Crippen LogP contribution in [0.2, 0.25) is 0 Å². The first-order chi connectivity index (χ1) is 7.25. The molecule has 0 heterocycles. The lowest BCUT2D eigenvalue weighted by Crippen LogP contribution is -2.08. The first kappa shape index (κ1) is 12.1. The second-order valence-corrected chi connectivity index (χ2v) is 3.68. The molecule has 0 amide bonds. The normalized spacial score (nSPS) is 10.3. The molecule has 0 aliphatic heterocycles. The third-order valence-electron chi connectivity index (χ3n) is 2.23. The number of para-hydroxylation sites is 1. The van der Waals surface area contributed by atoms with Crippen LogP contribution in [0.3, 0.4) is 0 Å². The van der Waals surface area contributed by atoms with Gasteiger partial charge in [0, 0.05) is 6.61 Å². The molecule has 1 aromatic carbocycles. The van der Waals surface area contributed by atoms with E-state index in [0.29, 0.717) is 13.2 Å². The maximum atomic E-state index is 5.69. The van der Waals surface area contributed by atoms with Gasteiger partial charge in [-0.1, -0.05) is 25.1 Å². The Labute approximate surface area is 92.2 Å². The number of rotatable bonds is 6. The quantitative estimate of drug-likeness (QED) is 0.669. The van der Waals surface area contributed by atoms with Crippen molar-refractivity contribution in [3.8, 4) is 5.75 Å². The fraction of sp³-hybridized carbons (Fsp3) is 0.538. The van der Waals surface area contributed by atoms with Crippen LogP contribution in [0.5, 0.6) is 5.75 Å². The summed E-state index contributed by atoms with van der Waals surface area (Å²) in [7, 11) is 0. The summed E-state index contributed by atoms with van der Waals surface area (Å²) < 4.78 is 11.0. The highest BCUT2D eigenvalue weighted by molar-refractivity contribution is 5.39. The van der Waals surface area contributed by atoms with E-state index >= 15 is 0 Å². The van der Waals surface area contributed by atoms with Crippen molar-refractivity contribution in [1.82, 2.24) is 0 Å². The Kier molecular flexibility index (Phi) is 5.19. The number of hydrogen-bond acceptors (Lipinski definition) is 2. The highest BCUT2D eigenvalue weighted by Gasteiger charge is 2.02. The van der Waals surface area contributed by atoms with Gasteiger partial charge in [-0.15, -0.1) is 0 Å². The minimum atomic E-state index is 0.631. The highest BCUT2D eigenvalue weighted by atomic mass is 16.5. The van der Waals surface area contributed by atoms with Crippen LogP contribution in [0, 0.1) is 13.8 Å². The molecule has 0 aliphatic carbocycles. The highest BCUT2D eigenvalue weighted by Crippen LogP contribution is 2.21. The molecule has 0 bridgehead atoms. The molecule has 0 aromatic heterocycles. The van der Waals surface area contributed by atoms with E-state index < -0.39 is 0 Å². The maximum absolute atomic E-state index is 5.69. The molecular weight excluding hydrogens is 188 g/mol. The zero-order valence-corrected chi connectivity index (χ0v) is 9.88. The fourth-order valence-corrected chi connectivity index (χ4v) is 1.48. The van der Waals surface area contributed by atoms with Crippen molar-refractivity contribution in [2.45, 2.75) is 27.2 Å². The molecule has 0 aliphatic rings. The lowest BCUT2D eigenvalue weighted by molar-refractivity contribution is 0.100. The van der Waals surface area contributed by atoms with Gasteiger partial charge >= 0.3 is 0 Å². The van der Waals surface area contributed by atoms with Crippen molar-refractivity contribution in [3.05, 3.63) is 29.3 Å². The Morgan fingerprint density at radius 3 is 2.27 bits per heavy atom. The topological polar surface area (TPSA) is 18.5 Å².